The highest BCUT2D eigenvalue weighted by Crippen LogP contribution is 2.31. The number of carbonyl (C=O) groups excluding carboxylic acids is 1. The fraction of sp³-hybridized carbons (Fsp3) is 0.100. The van der Waals surface area contributed by atoms with Crippen LogP contribution in [0, 0.1) is 17.0 Å². The summed E-state index contributed by atoms with van der Waals surface area (Å²) in [6.07, 6.45) is 0.563. The van der Waals surface area contributed by atoms with Crippen LogP contribution in [-0.2, 0) is 0 Å². The average Bonchev–Trinajstić information content (AvgIpc) is 3.16. The van der Waals surface area contributed by atoms with Crippen LogP contribution in [0.25, 0.3) is 11.3 Å². The van der Waals surface area contributed by atoms with E-state index in [-0.39, 0.29) is 17.2 Å². The van der Waals surface area contributed by atoms with Crippen molar-refractivity contribution < 1.29 is 19.0 Å². The van der Waals surface area contributed by atoms with E-state index in [0.29, 0.717) is 23.3 Å². The Bertz CT molecular complexity index is 1020. The lowest BCUT2D eigenvalue weighted by Gasteiger charge is -2.05. The van der Waals surface area contributed by atoms with Gasteiger partial charge < -0.3 is 9.25 Å². The van der Waals surface area contributed by atoms with Gasteiger partial charge in [-0.2, -0.15) is 0 Å². The highest BCUT2D eigenvalue weighted by Gasteiger charge is 2.14. The number of non-ortho nitro benzene ring substituents is 1. The van der Waals surface area contributed by atoms with Gasteiger partial charge in [0.25, 0.3) is 5.69 Å². The second-order valence-corrected chi connectivity index (χ2v) is 5.93. The molecular formula is C20H16N2O5. The highest BCUT2D eigenvalue weighted by molar-refractivity contribution is 5.98. The Balaban J connectivity index is 1.92. The summed E-state index contributed by atoms with van der Waals surface area (Å²) in [5, 5.41) is 15.3. The number of hydrogen-bond donors (Lipinski definition) is 0. The minimum atomic E-state index is -0.531. The number of nitro benzene ring substituents is 1. The summed E-state index contributed by atoms with van der Waals surface area (Å²) in [4.78, 5) is 26.9. The Morgan fingerprint density at radius 3 is 2.52 bits per heavy atom. The minimum Gasteiger partial charge on any atom is -0.453 e. The molecule has 136 valence electrons. The monoisotopic (exact) mass is 364 g/mol. The van der Waals surface area contributed by atoms with E-state index in [4.69, 9.17) is 9.25 Å². The summed E-state index contributed by atoms with van der Waals surface area (Å²) < 4.78 is 5.33. The number of carbonyl (C=O) groups is 1. The second-order valence-electron chi connectivity index (χ2n) is 5.93. The molecule has 0 bridgehead atoms. The van der Waals surface area contributed by atoms with Gasteiger partial charge in [-0.25, -0.2) is 0 Å². The highest BCUT2D eigenvalue weighted by atomic mass is 16.6. The van der Waals surface area contributed by atoms with E-state index in [1.807, 2.05) is 31.2 Å². The maximum absolute atomic E-state index is 11.2. The standard InChI is InChI=1S/C20H16N2O5/c1-13-3-5-15(6-4-13)14(2)21-27-19-10-16(9-17(11-19)22(24)25)20-8-7-18(12-23)26-20/h3-12H,1-2H3. The quantitative estimate of drug-likeness (QED) is 0.271. The Kier molecular flexibility index (Phi) is 5.12. The Labute approximate surface area is 155 Å². The van der Waals surface area contributed by atoms with Crippen LogP contribution in [0.2, 0.25) is 0 Å². The molecule has 1 heterocycles. The predicted octanol–water partition coefficient (Wildman–Crippen LogP) is 4.78. The van der Waals surface area contributed by atoms with E-state index in [9.17, 15) is 14.9 Å². The number of nitro groups is 1. The molecule has 0 saturated heterocycles. The van der Waals surface area contributed by atoms with Gasteiger partial charge in [0.15, 0.2) is 17.8 Å². The fourth-order valence-corrected chi connectivity index (χ4v) is 2.42. The zero-order valence-electron chi connectivity index (χ0n) is 14.7. The smallest absolute Gasteiger partial charge is 0.273 e. The molecule has 0 atom stereocenters. The molecule has 0 radical (unpaired) electrons. The number of nitrogens with zero attached hydrogens (tertiary/aromatic N) is 2. The van der Waals surface area contributed by atoms with Crippen LogP contribution >= 0.6 is 0 Å². The van der Waals surface area contributed by atoms with Crippen molar-refractivity contribution in [2.75, 3.05) is 0 Å². The molecule has 3 aromatic rings. The van der Waals surface area contributed by atoms with Crippen molar-refractivity contribution in [3.8, 4) is 17.1 Å². The maximum atomic E-state index is 11.2. The number of rotatable bonds is 6. The summed E-state index contributed by atoms with van der Waals surface area (Å²) in [5.41, 5.74) is 2.88. The predicted molar refractivity (Wildman–Crippen MR) is 100 cm³/mol. The van der Waals surface area contributed by atoms with Gasteiger partial charge in [-0.1, -0.05) is 35.0 Å². The Hall–Kier alpha value is -3.74. The van der Waals surface area contributed by atoms with Gasteiger partial charge in [0.05, 0.1) is 16.7 Å². The lowest BCUT2D eigenvalue weighted by atomic mass is 10.1. The SMILES string of the molecule is CC(=NOc1cc(-c2ccc(C=O)o2)cc([N+](=O)[O-])c1)c1ccc(C)cc1. The molecule has 27 heavy (non-hydrogen) atoms. The van der Waals surface area contributed by atoms with Gasteiger partial charge in [0, 0.05) is 11.6 Å². The molecule has 0 N–H and O–H groups in total. The van der Waals surface area contributed by atoms with Crippen LogP contribution < -0.4 is 4.84 Å². The van der Waals surface area contributed by atoms with E-state index in [0.717, 1.165) is 11.1 Å². The molecule has 0 aliphatic heterocycles. The lowest BCUT2D eigenvalue weighted by molar-refractivity contribution is -0.384. The van der Waals surface area contributed by atoms with Gasteiger partial charge in [-0.05, 0) is 37.6 Å². The van der Waals surface area contributed by atoms with E-state index in [1.54, 1.807) is 19.1 Å². The zero-order chi connectivity index (χ0) is 19.4. The molecule has 0 fully saturated rings. The van der Waals surface area contributed by atoms with Crippen LogP contribution in [0.5, 0.6) is 5.75 Å². The summed E-state index contributed by atoms with van der Waals surface area (Å²) in [6, 6.07) is 15.0. The number of aryl methyl sites for hydroxylation is 1. The first-order valence-corrected chi connectivity index (χ1v) is 8.10. The van der Waals surface area contributed by atoms with Crippen molar-refractivity contribution in [2.24, 2.45) is 5.16 Å². The average molecular weight is 364 g/mol. The number of furan rings is 1. The van der Waals surface area contributed by atoms with E-state index < -0.39 is 4.92 Å². The summed E-state index contributed by atoms with van der Waals surface area (Å²) in [7, 11) is 0. The van der Waals surface area contributed by atoms with Crippen LogP contribution in [0.15, 0.2) is 64.2 Å². The molecule has 1 aromatic heterocycles. The maximum Gasteiger partial charge on any atom is 0.273 e. The number of aldehydes is 1. The molecular weight excluding hydrogens is 348 g/mol. The molecule has 2 aromatic carbocycles. The molecule has 7 nitrogen and oxygen atoms in total. The lowest BCUT2D eigenvalue weighted by Crippen LogP contribution is -1.98. The molecule has 7 heteroatoms. The largest absolute Gasteiger partial charge is 0.453 e. The topological polar surface area (TPSA) is 94.9 Å². The van der Waals surface area contributed by atoms with Gasteiger partial charge >= 0.3 is 0 Å². The Morgan fingerprint density at radius 2 is 1.89 bits per heavy atom. The summed E-state index contributed by atoms with van der Waals surface area (Å²) >= 11 is 0. The minimum absolute atomic E-state index is 0.132. The van der Waals surface area contributed by atoms with Crippen molar-refractivity contribution in [2.45, 2.75) is 13.8 Å². The second kappa shape index (κ2) is 7.65. The third-order valence-corrected chi connectivity index (χ3v) is 3.89. The zero-order valence-corrected chi connectivity index (χ0v) is 14.7. The first-order chi connectivity index (χ1) is 13.0. The molecule has 0 aliphatic carbocycles. The van der Waals surface area contributed by atoms with Crippen molar-refractivity contribution in [3.63, 3.8) is 0 Å². The molecule has 0 unspecified atom stereocenters. The number of oxime groups is 1. The first kappa shape index (κ1) is 18.1. The van der Waals surface area contributed by atoms with Crippen molar-refractivity contribution in [1.29, 1.82) is 0 Å². The normalized spacial score (nSPS) is 11.3. The fourth-order valence-electron chi connectivity index (χ4n) is 2.42. The van der Waals surface area contributed by atoms with Crippen LogP contribution in [0.4, 0.5) is 5.69 Å². The van der Waals surface area contributed by atoms with Crippen LogP contribution in [-0.4, -0.2) is 16.9 Å². The number of hydrogen-bond acceptors (Lipinski definition) is 6. The van der Waals surface area contributed by atoms with E-state index in [2.05, 4.69) is 5.16 Å². The molecule has 0 spiro atoms. The third kappa shape index (κ3) is 4.27. The third-order valence-electron chi connectivity index (χ3n) is 3.89. The van der Waals surface area contributed by atoms with Crippen LogP contribution in [0.1, 0.15) is 28.6 Å². The first-order valence-electron chi connectivity index (χ1n) is 8.10. The van der Waals surface area contributed by atoms with Crippen molar-refractivity contribution in [1.82, 2.24) is 0 Å². The van der Waals surface area contributed by atoms with Crippen molar-refractivity contribution in [3.05, 3.63) is 81.6 Å². The molecule has 3 rings (SSSR count). The van der Waals surface area contributed by atoms with Gasteiger partial charge in [-0.15, -0.1) is 0 Å². The molecule has 0 aliphatic rings. The molecule has 0 amide bonds. The molecule has 0 saturated carbocycles. The number of benzene rings is 2. The van der Waals surface area contributed by atoms with Gasteiger partial charge in [0.2, 0.25) is 0 Å². The van der Waals surface area contributed by atoms with E-state index in [1.165, 1.54) is 18.2 Å². The summed E-state index contributed by atoms with van der Waals surface area (Å²) in [5.74, 6) is 0.645. The summed E-state index contributed by atoms with van der Waals surface area (Å²) in [6.45, 7) is 3.77. The van der Waals surface area contributed by atoms with Crippen molar-refractivity contribution >= 4 is 17.7 Å². The van der Waals surface area contributed by atoms with Crippen LogP contribution in [0.3, 0.4) is 0 Å². The Morgan fingerprint density at radius 1 is 1.15 bits per heavy atom. The van der Waals surface area contributed by atoms with Gasteiger partial charge in [-0.3, -0.25) is 14.9 Å². The van der Waals surface area contributed by atoms with Gasteiger partial charge in [0.1, 0.15) is 5.76 Å². The van der Waals surface area contributed by atoms with E-state index >= 15 is 0 Å².